The van der Waals surface area contributed by atoms with E-state index >= 15 is 0 Å². The number of rotatable bonds is 6. The van der Waals surface area contributed by atoms with Crippen LogP contribution in [-0.2, 0) is 4.79 Å². The largest absolute Gasteiger partial charge is 0.477 e. The lowest BCUT2D eigenvalue weighted by Crippen LogP contribution is -2.42. The van der Waals surface area contributed by atoms with Crippen LogP contribution in [0, 0.1) is 11.3 Å². The molecular weight excluding hydrogens is 194 g/mol. The van der Waals surface area contributed by atoms with Gasteiger partial charge in [-0.15, -0.1) is 0 Å². The van der Waals surface area contributed by atoms with Crippen molar-refractivity contribution in [2.24, 2.45) is 0 Å². The Morgan fingerprint density at radius 1 is 1.64 bits per heavy atom. The van der Waals surface area contributed by atoms with Crippen LogP contribution in [0.5, 0.6) is 0 Å². The third kappa shape index (κ3) is 4.14. The molecule has 0 unspecified atom stereocenters. The van der Waals surface area contributed by atoms with E-state index in [1.54, 1.807) is 6.92 Å². The molecule has 0 aromatic rings. The number of hydrogen-bond donors (Lipinski definition) is 1. The predicted octanol–water partition coefficient (Wildman–Crippen LogP) is 0.942. The summed E-state index contributed by atoms with van der Waals surface area (Å²) in [7, 11) is 0. The fraction of sp³-hybridized carbons (Fsp3) is 0.750. The molecule has 4 nitrogen and oxygen atoms in total. The van der Waals surface area contributed by atoms with Gasteiger partial charge in [0.25, 0.3) is 0 Å². The summed E-state index contributed by atoms with van der Waals surface area (Å²) in [6, 6.07) is 1.81. The van der Waals surface area contributed by atoms with Gasteiger partial charge in [0, 0.05) is 13.0 Å². The molecular formula is C8H12F2N2O2. The van der Waals surface area contributed by atoms with E-state index in [4.69, 9.17) is 10.4 Å². The van der Waals surface area contributed by atoms with Crippen LogP contribution in [0.3, 0.4) is 0 Å². The van der Waals surface area contributed by atoms with Crippen LogP contribution in [0.1, 0.15) is 13.3 Å². The quantitative estimate of drug-likeness (QED) is 0.702. The van der Waals surface area contributed by atoms with Crippen molar-refractivity contribution in [2.45, 2.75) is 19.3 Å². The van der Waals surface area contributed by atoms with Crippen LogP contribution in [-0.4, -0.2) is 41.5 Å². The maximum absolute atomic E-state index is 12.7. The maximum Gasteiger partial charge on any atom is 0.375 e. The lowest BCUT2D eigenvalue weighted by atomic mass is 10.3. The fourth-order valence-electron chi connectivity index (χ4n) is 0.906. The molecule has 14 heavy (non-hydrogen) atoms. The zero-order valence-corrected chi connectivity index (χ0v) is 7.83. The van der Waals surface area contributed by atoms with Crippen LogP contribution in [0.2, 0.25) is 0 Å². The van der Waals surface area contributed by atoms with E-state index in [9.17, 15) is 13.6 Å². The molecule has 80 valence electrons. The number of carboxylic acids is 1. The molecule has 0 aliphatic rings. The van der Waals surface area contributed by atoms with E-state index < -0.39 is 18.4 Å². The lowest BCUT2D eigenvalue weighted by Gasteiger charge is -2.22. The molecule has 0 atom stereocenters. The molecule has 0 saturated carbocycles. The van der Waals surface area contributed by atoms with Gasteiger partial charge >= 0.3 is 11.9 Å². The molecule has 0 aliphatic heterocycles. The Bertz CT molecular complexity index is 238. The Kier molecular flexibility index (Phi) is 5.02. The van der Waals surface area contributed by atoms with E-state index in [2.05, 4.69) is 0 Å². The summed E-state index contributed by atoms with van der Waals surface area (Å²) >= 11 is 0. The lowest BCUT2D eigenvalue weighted by molar-refractivity contribution is -0.167. The van der Waals surface area contributed by atoms with E-state index in [0.29, 0.717) is 6.54 Å². The summed E-state index contributed by atoms with van der Waals surface area (Å²) in [4.78, 5) is 11.3. The summed E-state index contributed by atoms with van der Waals surface area (Å²) in [5.41, 5.74) is 0. The van der Waals surface area contributed by atoms with E-state index in [-0.39, 0.29) is 13.0 Å². The predicted molar refractivity (Wildman–Crippen MR) is 44.9 cm³/mol. The first-order valence-corrected chi connectivity index (χ1v) is 4.14. The maximum atomic E-state index is 12.7. The van der Waals surface area contributed by atoms with E-state index in [1.165, 1.54) is 4.90 Å². The second-order valence-electron chi connectivity index (χ2n) is 2.79. The number of carbonyl (C=O) groups is 1. The van der Waals surface area contributed by atoms with Gasteiger partial charge in [-0.1, -0.05) is 6.92 Å². The van der Waals surface area contributed by atoms with Gasteiger partial charge in [-0.05, 0) is 6.54 Å². The Balaban J connectivity index is 4.17. The third-order valence-electron chi connectivity index (χ3n) is 1.72. The zero-order valence-electron chi connectivity index (χ0n) is 7.83. The molecule has 0 radical (unpaired) electrons. The summed E-state index contributed by atoms with van der Waals surface area (Å²) in [5, 5.41) is 16.4. The minimum atomic E-state index is -3.74. The molecule has 0 aromatic heterocycles. The monoisotopic (exact) mass is 206 g/mol. The Labute approximate surface area is 80.7 Å². The first kappa shape index (κ1) is 12.8. The van der Waals surface area contributed by atoms with E-state index in [1.807, 2.05) is 6.07 Å². The molecule has 0 rings (SSSR count). The highest BCUT2D eigenvalue weighted by atomic mass is 19.3. The molecule has 0 aliphatic carbocycles. The van der Waals surface area contributed by atoms with Gasteiger partial charge in [0.05, 0.1) is 12.6 Å². The standard InChI is InChI=1S/C8H12F2N2O2/c1-2-12(5-3-4-11)6-8(9,10)7(13)14/h2-3,5-6H2,1H3,(H,13,14). The van der Waals surface area contributed by atoms with Crippen LogP contribution in [0.15, 0.2) is 0 Å². The van der Waals surface area contributed by atoms with Gasteiger partial charge < -0.3 is 5.11 Å². The van der Waals surface area contributed by atoms with Crippen molar-refractivity contribution >= 4 is 5.97 Å². The Morgan fingerprint density at radius 3 is 2.57 bits per heavy atom. The summed E-state index contributed by atoms with van der Waals surface area (Å²) in [5.74, 6) is -5.88. The highest BCUT2D eigenvalue weighted by Crippen LogP contribution is 2.15. The van der Waals surface area contributed by atoms with Gasteiger partial charge in [-0.3, -0.25) is 4.90 Å². The number of hydrogen-bond acceptors (Lipinski definition) is 3. The number of carboxylic acid groups (broad SMARTS) is 1. The van der Waals surface area contributed by atoms with Crippen molar-refractivity contribution in [3.63, 3.8) is 0 Å². The second kappa shape index (κ2) is 5.50. The SMILES string of the molecule is CCN(CCC#N)CC(F)(F)C(=O)O. The normalized spacial score (nSPS) is 11.4. The molecule has 0 bridgehead atoms. The third-order valence-corrected chi connectivity index (χ3v) is 1.72. The minimum Gasteiger partial charge on any atom is -0.477 e. The van der Waals surface area contributed by atoms with Crippen molar-refractivity contribution in [1.82, 2.24) is 4.90 Å². The van der Waals surface area contributed by atoms with Crippen molar-refractivity contribution in [2.75, 3.05) is 19.6 Å². The second-order valence-corrected chi connectivity index (χ2v) is 2.79. The number of nitrogens with zero attached hydrogens (tertiary/aromatic N) is 2. The highest BCUT2D eigenvalue weighted by Gasteiger charge is 2.40. The van der Waals surface area contributed by atoms with Gasteiger partial charge in [-0.2, -0.15) is 14.0 Å². The molecule has 0 saturated heterocycles. The molecule has 6 heteroatoms. The summed E-state index contributed by atoms with van der Waals surface area (Å²) in [6.45, 7) is 1.25. The molecule has 0 fully saturated rings. The first-order valence-electron chi connectivity index (χ1n) is 4.14. The number of alkyl halides is 2. The van der Waals surface area contributed by atoms with Gasteiger partial charge in [-0.25, -0.2) is 4.79 Å². The van der Waals surface area contributed by atoms with Gasteiger partial charge in [0.2, 0.25) is 0 Å². The van der Waals surface area contributed by atoms with Crippen LogP contribution in [0.25, 0.3) is 0 Å². The molecule has 0 heterocycles. The topological polar surface area (TPSA) is 64.3 Å². The Hall–Kier alpha value is -1.22. The first-order chi connectivity index (χ1) is 6.44. The molecule has 1 N–H and O–H groups in total. The van der Waals surface area contributed by atoms with Crippen molar-refractivity contribution in [3.8, 4) is 6.07 Å². The van der Waals surface area contributed by atoms with Crippen LogP contribution >= 0.6 is 0 Å². The highest BCUT2D eigenvalue weighted by molar-refractivity contribution is 5.75. The summed E-state index contributed by atoms with van der Waals surface area (Å²) in [6.07, 6.45) is 0.115. The molecule has 0 amide bonds. The summed E-state index contributed by atoms with van der Waals surface area (Å²) < 4.78 is 25.4. The number of aliphatic carboxylic acids is 1. The number of nitriles is 1. The molecule has 0 aromatic carbocycles. The zero-order chi connectivity index (χ0) is 11.2. The van der Waals surface area contributed by atoms with Crippen molar-refractivity contribution in [3.05, 3.63) is 0 Å². The van der Waals surface area contributed by atoms with Crippen molar-refractivity contribution < 1.29 is 18.7 Å². The fourth-order valence-corrected chi connectivity index (χ4v) is 0.906. The Morgan fingerprint density at radius 2 is 2.21 bits per heavy atom. The average Bonchev–Trinajstić information content (AvgIpc) is 2.11. The number of halogens is 2. The van der Waals surface area contributed by atoms with Crippen LogP contribution in [0.4, 0.5) is 8.78 Å². The van der Waals surface area contributed by atoms with E-state index in [0.717, 1.165) is 0 Å². The van der Waals surface area contributed by atoms with Gasteiger partial charge in [0.15, 0.2) is 0 Å². The van der Waals surface area contributed by atoms with Crippen LogP contribution < -0.4 is 0 Å². The minimum absolute atomic E-state index is 0.115. The average molecular weight is 206 g/mol. The smallest absolute Gasteiger partial charge is 0.375 e. The van der Waals surface area contributed by atoms with Crippen molar-refractivity contribution in [1.29, 1.82) is 5.26 Å². The molecule has 0 spiro atoms. The van der Waals surface area contributed by atoms with Gasteiger partial charge in [0.1, 0.15) is 0 Å².